The molecule has 2 aliphatic rings. The maximum absolute atomic E-state index is 2.46. The van der Waals surface area contributed by atoms with E-state index < -0.39 is 0 Å². The molecule has 2 atom stereocenters. The highest BCUT2D eigenvalue weighted by molar-refractivity contribution is 6.10. The average Bonchev–Trinajstić information content (AvgIpc) is 3.71. The maximum atomic E-state index is 2.46. The van der Waals surface area contributed by atoms with Crippen molar-refractivity contribution in [2.24, 2.45) is 0 Å². The number of aromatic nitrogens is 2. The van der Waals surface area contributed by atoms with Gasteiger partial charge in [0, 0.05) is 45.1 Å². The Balaban J connectivity index is 1.01. The Kier molecular flexibility index (Phi) is 6.80. The molecule has 6 aromatic carbocycles. The smallest absolute Gasteiger partial charge is 0.0541 e. The second kappa shape index (κ2) is 11.8. The molecule has 0 bridgehead atoms. The molecule has 238 valence electrons. The lowest BCUT2D eigenvalue weighted by atomic mass is 9.86. The number of nitrogens with zero attached hydrogens (tertiary/aromatic N) is 2. The molecular weight excluding hydrogens is 605 g/mol. The van der Waals surface area contributed by atoms with Gasteiger partial charge in [0.15, 0.2) is 0 Å². The lowest BCUT2D eigenvalue weighted by molar-refractivity contribution is 0.826. The van der Waals surface area contributed by atoms with E-state index in [4.69, 9.17) is 0 Å². The number of allylic oxidation sites excluding steroid dienone is 5. The molecule has 0 fully saturated rings. The Bertz CT molecular complexity index is 2630. The van der Waals surface area contributed by atoms with Crippen LogP contribution < -0.4 is 0 Å². The summed E-state index contributed by atoms with van der Waals surface area (Å²) in [7, 11) is 0. The zero-order chi connectivity index (χ0) is 33.0. The largest absolute Gasteiger partial charge is 0.310 e. The highest BCUT2D eigenvalue weighted by Gasteiger charge is 2.25. The summed E-state index contributed by atoms with van der Waals surface area (Å²) in [4.78, 5) is 0. The molecule has 2 aromatic heterocycles. The van der Waals surface area contributed by atoms with Gasteiger partial charge in [-0.2, -0.15) is 0 Å². The van der Waals surface area contributed by atoms with E-state index >= 15 is 0 Å². The molecule has 2 heteroatoms. The highest BCUT2D eigenvalue weighted by atomic mass is 15.0. The number of hydrogen-bond acceptors (Lipinski definition) is 0. The zero-order valence-electron chi connectivity index (χ0n) is 27.8. The van der Waals surface area contributed by atoms with Crippen molar-refractivity contribution in [3.05, 3.63) is 198 Å². The summed E-state index contributed by atoms with van der Waals surface area (Å²) < 4.78 is 4.90. The van der Waals surface area contributed by atoms with Crippen LogP contribution in [0.25, 0.3) is 61.3 Å². The van der Waals surface area contributed by atoms with Crippen molar-refractivity contribution in [3.8, 4) is 16.8 Å². The number of para-hydroxylation sites is 2. The molecule has 10 rings (SSSR count). The molecule has 2 nitrogen and oxygen atoms in total. The van der Waals surface area contributed by atoms with Gasteiger partial charge in [-0.05, 0) is 89.2 Å². The van der Waals surface area contributed by atoms with E-state index in [2.05, 4.69) is 191 Å². The molecule has 0 saturated carbocycles. The molecule has 0 saturated heterocycles. The number of benzene rings is 6. The first kappa shape index (κ1) is 28.9. The van der Waals surface area contributed by atoms with Crippen LogP contribution in [-0.2, 0) is 6.42 Å². The molecule has 0 spiro atoms. The molecule has 2 aliphatic carbocycles. The lowest BCUT2D eigenvalue weighted by Gasteiger charge is -2.20. The fourth-order valence-electron chi connectivity index (χ4n) is 8.37. The number of hydrogen-bond donors (Lipinski definition) is 0. The first-order chi connectivity index (χ1) is 24.8. The predicted octanol–water partition coefficient (Wildman–Crippen LogP) is 12.3. The third-order valence-electron chi connectivity index (χ3n) is 10.9. The van der Waals surface area contributed by atoms with Gasteiger partial charge in [0.25, 0.3) is 0 Å². The topological polar surface area (TPSA) is 9.86 Å². The van der Waals surface area contributed by atoms with Gasteiger partial charge in [-0.25, -0.2) is 0 Å². The first-order valence-corrected chi connectivity index (χ1v) is 17.7. The normalized spacial score (nSPS) is 17.0. The Morgan fingerprint density at radius 2 is 1.10 bits per heavy atom. The van der Waals surface area contributed by atoms with E-state index in [9.17, 15) is 0 Å². The van der Waals surface area contributed by atoms with E-state index in [1.165, 1.54) is 77.6 Å². The minimum atomic E-state index is 0.300. The van der Waals surface area contributed by atoms with Gasteiger partial charge in [0.1, 0.15) is 0 Å². The summed E-state index contributed by atoms with van der Waals surface area (Å²) in [6.07, 6.45) is 13.9. The average molecular weight is 641 g/mol. The Labute approximate surface area is 292 Å². The standard InChI is InChI=1S/C48H36N2/c1-3-11-33(12-4-1)35-19-25-39(26-20-35)49-45-17-9-7-15-41(45)43-31-37(23-29-47(43)49)38-24-30-48-44(32-38)42-16-8-10-18-46(42)50(48)40-27-21-36(22-28-40)34-13-5-2-6-14-34/h1-21,23-30,32,36-37H,22,31H2. The van der Waals surface area contributed by atoms with Gasteiger partial charge in [0.05, 0.1) is 16.6 Å². The van der Waals surface area contributed by atoms with Gasteiger partial charge in [0.2, 0.25) is 0 Å². The van der Waals surface area contributed by atoms with Gasteiger partial charge in [-0.15, -0.1) is 0 Å². The minimum absolute atomic E-state index is 0.300. The van der Waals surface area contributed by atoms with Crippen molar-refractivity contribution in [3.63, 3.8) is 0 Å². The molecule has 0 radical (unpaired) electrons. The molecular formula is C48H36N2. The lowest BCUT2D eigenvalue weighted by Crippen LogP contribution is -2.07. The Morgan fingerprint density at radius 1 is 0.460 bits per heavy atom. The monoisotopic (exact) mass is 640 g/mol. The molecule has 2 unspecified atom stereocenters. The summed E-state index contributed by atoms with van der Waals surface area (Å²) in [6, 6.07) is 55.4. The second-order valence-electron chi connectivity index (χ2n) is 13.7. The van der Waals surface area contributed by atoms with Crippen LogP contribution in [0.15, 0.2) is 176 Å². The van der Waals surface area contributed by atoms with Crippen LogP contribution in [0.3, 0.4) is 0 Å². The molecule has 50 heavy (non-hydrogen) atoms. The van der Waals surface area contributed by atoms with E-state index in [0.717, 1.165) is 12.8 Å². The van der Waals surface area contributed by atoms with Crippen molar-refractivity contribution in [1.29, 1.82) is 0 Å². The Morgan fingerprint density at radius 3 is 1.86 bits per heavy atom. The van der Waals surface area contributed by atoms with Gasteiger partial charge in [-0.1, -0.05) is 133 Å². The maximum Gasteiger partial charge on any atom is 0.0541 e. The van der Waals surface area contributed by atoms with Crippen molar-refractivity contribution in [2.75, 3.05) is 0 Å². The summed E-state index contributed by atoms with van der Waals surface area (Å²) in [5.41, 5.74) is 14.2. The fourth-order valence-corrected chi connectivity index (χ4v) is 8.37. The van der Waals surface area contributed by atoms with Crippen molar-refractivity contribution in [2.45, 2.75) is 24.7 Å². The SMILES string of the molecule is C1=CC(c2ccccc2)CC=C1n1c2ccccc2c2cc(C3C=Cc4c(c5ccccc5n4-c4ccc(-c5ccccc5)cc4)C3)ccc21. The van der Waals surface area contributed by atoms with E-state index in [0.29, 0.717) is 11.8 Å². The number of rotatable bonds is 5. The third-order valence-corrected chi connectivity index (χ3v) is 10.9. The highest BCUT2D eigenvalue weighted by Crippen LogP contribution is 2.41. The van der Waals surface area contributed by atoms with Crippen LogP contribution in [0.2, 0.25) is 0 Å². The second-order valence-corrected chi connectivity index (χ2v) is 13.7. The summed E-state index contributed by atoms with van der Waals surface area (Å²) in [5, 5.41) is 3.96. The zero-order valence-corrected chi connectivity index (χ0v) is 27.8. The van der Waals surface area contributed by atoms with Crippen molar-refractivity contribution < 1.29 is 0 Å². The van der Waals surface area contributed by atoms with Gasteiger partial charge >= 0.3 is 0 Å². The van der Waals surface area contributed by atoms with E-state index in [1.807, 2.05) is 0 Å². The quantitative estimate of drug-likeness (QED) is 0.177. The van der Waals surface area contributed by atoms with Gasteiger partial charge < -0.3 is 9.13 Å². The predicted molar refractivity (Wildman–Crippen MR) is 211 cm³/mol. The van der Waals surface area contributed by atoms with Crippen molar-refractivity contribution >= 4 is 44.5 Å². The molecule has 0 N–H and O–H groups in total. The van der Waals surface area contributed by atoms with Crippen LogP contribution in [0.1, 0.15) is 40.6 Å². The van der Waals surface area contributed by atoms with Crippen LogP contribution in [0.5, 0.6) is 0 Å². The van der Waals surface area contributed by atoms with Crippen LogP contribution in [-0.4, -0.2) is 9.13 Å². The number of fused-ring (bicyclic) bond motifs is 6. The molecule has 0 aliphatic heterocycles. The molecule has 8 aromatic rings. The van der Waals surface area contributed by atoms with E-state index in [-0.39, 0.29) is 0 Å². The molecule has 2 heterocycles. The van der Waals surface area contributed by atoms with Crippen LogP contribution >= 0.6 is 0 Å². The first-order valence-electron chi connectivity index (χ1n) is 17.7. The molecule has 0 amide bonds. The van der Waals surface area contributed by atoms with Crippen LogP contribution in [0.4, 0.5) is 0 Å². The third kappa shape index (κ3) is 4.71. The fraction of sp³-hybridized carbons (Fsp3) is 0.0833. The summed E-state index contributed by atoms with van der Waals surface area (Å²) in [5.74, 6) is 0.719. The van der Waals surface area contributed by atoms with Crippen LogP contribution in [0, 0.1) is 0 Å². The summed E-state index contributed by atoms with van der Waals surface area (Å²) >= 11 is 0. The van der Waals surface area contributed by atoms with Crippen molar-refractivity contribution in [1.82, 2.24) is 9.13 Å². The minimum Gasteiger partial charge on any atom is -0.310 e. The Hall–Kier alpha value is -6.12. The summed E-state index contributed by atoms with van der Waals surface area (Å²) in [6.45, 7) is 0. The van der Waals surface area contributed by atoms with Gasteiger partial charge in [-0.3, -0.25) is 0 Å². The van der Waals surface area contributed by atoms with E-state index in [1.54, 1.807) is 0 Å².